The summed E-state index contributed by atoms with van der Waals surface area (Å²) in [5.41, 5.74) is 1.15. The van der Waals surface area contributed by atoms with Crippen molar-refractivity contribution in [3.8, 4) is 5.69 Å². The van der Waals surface area contributed by atoms with Crippen LogP contribution in [-0.4, -0.2) is 38.5 Å². The normalized spacial score (nSPS) is 16.6. The molecule has 6 nitrogen and oxygen atoms in total. The molecule has 6 heteroatoms. The van der Waals surface area contributed by atoms with Crippen LogP contribution in [0.1, 0.15) is 25.7 Å². The zero-order valence-corrected chi connectivity index (χ0v) is 11.4. The number of nitrogens with one attached hydrogen (secondary N) is 1. The standard InChI is InChI=1S/C14H19N5O/c20-10-9-14(7-4-8-14)11-15-13-16-17-18-19(13)12-5-2-1-3-6-12/h1-3,5-6,20H,4,7-11H2,(H,15,16,18). The number of aliphatic hydroxyl groups is 1. The van der Waals surface area contributed by atoms with E-state index in [0.717, 1.165) is 31.5 Å². The minimum absolute atomic E-state index is 0.211. The molecule has 0 radical (unpaired) electrons. The number of anilines is 1. The van der Waals surface area contributed by atoms with Gasteiger partial charge in [-0.05, 0) is 47.2 Å². The Labute approximate surface area is 117 Å². The fraction of sp³-hybridized carbons (Fsp3) is 0.500. The highest BCUT2D eigenvalue weighted by Gasteiger charge is 2.36. The third-order valence-electron chi connectivity index (χ3n) is 4.15. The first-order valence-electron chi connectivity index (χ1n) is 7.02. The van der Waals surface area contributed by atoms with E-state index >= 15 is 0 Å². The van der Waals surface area contributed by atoms with Crippen molar-refractivity contribution in [2.75, 3.05) is 18.5 Å². The van der Waals surface area contributed by atoms with Gasteiger partial charge in [0.1, 0.15) is 0 Å². The predicted octanol–water partition coefficient (Wildman–Crippen LogP) is 1.63. The first-order valence-corrected chi connectivity index (χ1v) is 7.02. The maximum atomic E-state index is 9.18. The van der Waals surface area contributed by atoms with E-state index in [9.17, 15) is 5.11 Å². The lowest BCUT2D eigenvalue weighted by molar-refractivity contribution is 0.101. The van der Waals surface area contributed by atoms with Gasteiger partial charge in [0.15, 0.2) is 0 Å². The SMILES string of the molecule is OCCC1(CNc2nnnn2-c2ccccc2)CCC1. The molecule has 3 rings (SSSR count). The van der Waals surface area contributed by atoms with Gasteiger partial charge in [-0.15, -0.1) is 0 Å². The molecule has 0 amide bonds. The Balaban J connectivity index is 1.71. The number of aromatic nitrogens is 4. The summed E-state index contributed by atoms with van der Waals surface area (Å²) in [6.07, 6.45) is 4.40. The fourth-order valence-corrected chi connectivity index (χ4v) is 2.74. The molecule has 0 unspecified atom stereocenters. The second kappa shape index (κ2) is 5.58. The summed E-state index contributed by atoms with van der Waals surface area (Å²) in [6, 6.07) is 9.81. The van der Waals surface area contributed by atoms with Crippen LogP contribution in [0.5, 0.6) is 0 Å². The van der Waals surface area contributed by atoms with Crippen LogP contribution >= 0.6 is 0 Å². The van der Waals surface area contributed by atoms with E-state index in [-0.39, 0.29) is 12.0 Å². The molecule has 1 aliphatic carbocycles. The molecule has 1 fully saturated rings. The number of aliphatic hydroxyl groups excluding tert-OH is 1. The minimum atomic E-state index is 0.211. The molecule has 0 saturated heterocycles. The van der Waals surface area contributed by atoms with E-state index < -0.39 is 0 Å². The van der Waals surface area contributed by atoms with E-state index in [1.54, 1.807) is 4.68 Å². The Morgan fingerprint density at radius 1 is 1.25 bits per heavy atom. The first-order chi connectivity index (χ1) is 9.83. The Bertz CT molecular complexity index is 550. The number of nitrogens with zero attached hydrogens (tertiary/aromatic N) is 4. The molecule has 0 spiro atoms. The molecule has 2 N–H and O–H groups in total. The predicted molar refractivity (Wildman–Crippen MR) is 75.6 cm³/mol. The minimum Gasteiger partial charge on any atom is -0.396 e. The van der Waals surface area contributed by atoms with Crippen molar-refractivity contribution in [2.24, 2.45) is 5.41 Å². The van der Waals surface area contributed by atoms with Gasteiger partial charge in [-0.2, -0.15) is 4.68 Å². The number of hydrogen-bond donors (Lipinski definition) is 2. The van der Waals surface area contributed by atoms with Gasteiger partial charge >= 0.3 is 0 Å². The van der Waals surface area contributed by atoms with Crippen LogP contribution in [0.4, 0.5) is 5.95 Å². The summed E-state index contributed by atoms with van der Waals surface area (Å²) in [7, 11) is 0. The lowest BCUT2D eigenvalue weighted by Crippen LogP contribution is -2.37. The van der Waals surface area contributed by atoms with Gasteiger partial charge in [0.25, 0.3) is 0 Å². The Kier molecular flexibility index (Phi) is 3.64. The van der Waals surface area contributed by atoms with Crippen molar-refractivity contribution >= 4 is 5.95 Å². The smallest absolute Gasteiger partial charge is 0.247 e. The van der Waals surface area contributed by atoms with Crippen molar-refractivity contribution in [1.82, 2.24) is 20.2 Å². The molecule has 0 aliphatic heterocycles. The van der Waals surface area contributed by atoms with Crippen LogP contribution in [0.15, 0.2) is 30.3 Å². The molecule has 1 aromatic heterocycles. The summed E-state index contributed by atoms with van der Waals surface area (Å²) in [5, 5.41) is 24.3. The van der Waals surface area contributed by atoms with Gasteiger partial charge in [0.2, 0.25) is 5.95 Å². The Morgan fingerprint density at radius 2 is 2.05 bits per heavy atom. The van der Waals surface area contributed by atoms with Gasteiger partial charge in [-0.25, -0.2) is 0 Å². The fourth-order valence-electron chi connectivity index (χ4n) is 2.74. The first kappa shape index (κ1) is 13.1. The van der Waals surface area contributed by atoms with Gasteiger partial charge in [-0.3, -0.25) is 0 Å². The Morgan fingerprint density at radius 3 is 2.70 bits per heavy atom. The van der Waals surface area contributed by atoms with Gasteiger partial charge < -0.3 is 10.4 Å². The number of para-hydroxylation sites is 1. The molecule has 1 heterocycles. The van der Waals surface area contributed by atoms with E-state index in [2.05, 4.69) is 20.8 Å². The highest BCUT2D eigenvalue weighted by atomic mass is 16.3. The van der Waals surface area contributed by atoms with E-state index in [1.165, 1.54) is 6.42 Å². The summed E-state index contributed by atoms with van der Waals surface area (Å²) in [4.78, 5) is 0. The van der Waals surface area contributed by atoms with Crippen LogP contribution < -0.4 is 5.32 Å². The summed E-state index contributed by atoms with van der Waals surface area (Å²) < 4.78 is 1.70. The maximum absolute atomic E-state index is 9.18. The van der Waals surface area contributed by atoms with E-state index in [4.69, 9.17) is 0 Å². The summed E-state index contributed by atoms with van der Waals surface area (Å²) in [6.45, 7) is 1.05. The van der Waals surface area contributed by atoms with Crippen LogP contribution in [0, 0.1) is 5.41 Å². The molecule has 106 valence electrons. The molecular formula is C14H19N5O. The maximum Gasteiger partial charge on any atom is 0.247 e. The van der Waals surface area contributed by atoms with Crippen molar-refractivity contribution in [1.29, 1.82) is 0 Å². The van der Waals surface area contributed by atoms with Crippen LogP contribution in [0.2, 0.25) is 0 Å². The number of benzene rings is 1. The van der Waals surface area contributed by atoms with E-state index in [0.29, 0.717) is 5.95 Å². The molecule has 0 atom stereocenters. The quantitative estimate of drug-likeness (QED) is 0.836. The highest BCUT2D eigenvalue weighted by Crippen LogP contribution is 2.43. The number of hydrogen-bond acceptors (Lipinski definition) is 5. The van der Waals surface area contributed by atoms with Crippen molar-refractivity contribution in [2.45, 2.75) is 25.7 Å². The zero-order valence-electron chi connectivity index (χ0n) is 11.4. The van der Waals surface area contributed by atoms with Gasteiger partial charge in [0.05, 0.1) is 5.69 Å². The van der Waals surface area contributed by atoms with Crippen molar-refractivity contribution < 1.29 is 5.11 Å². The third kappa shape index (κ3) is 2.51. The number of rotatable bonds is 6. The molecule has 0 bridgehead atoms. The second-order valence-electron chi connectivity index (χ2n) is 5.43. The monoisotopic (exact) mass is 273 g/mol. The summed E-state index contributed by atoms with van der Waals surface area (Å²) >= 11 is 0. The Hall–Kier alpha value is -1.95. The largest absolute Gasteiger partial charge is 0.396 e. The molecule has 1 saturated carbocycles. The van der Waals surface area contributed by atoms with Gasteiger partial charge in [0, 0.05) is 13.2 Å². The van der Waals surface area contributed by atoms with Crippen molar-refractivity contribution in [3.63, 3.8) is 0 Å². The number of tetrazole rings is 1. The average Bonchev–Trinajstić information content (AvgIpc) is 2.91. The molecule has 1 aromatic carbocycles. The lowest BCUT2D eigenvalue weighted by atomic mass is 9.67. The van der Waals surface area contributed by atoms with E-state index in [1.807, 2.05) is 30.3 Å². The van der Waals surface area contributed by atoms with Crippen LogP contribution in [-0.2, 0) is 0 Å². The summed E-state index contributed by atoms with van der Waals surface area (Å²) in [5.74, 6) is 0.653. The van der Waals surface area contributed by atoms with Crippen molar-refractivity contribution in [3.05, 3.63) is 30.3 Å². The van der Waals surface area contributed by atoms with Gasteiger partial charge in [-0.1, -0.05) is 29.7 Å². The molecule has 2 aromatic rings. The topological polar surface area (TPSA) is 75.9 Å². The zero-order chi connectivity index (χ0) is 13.8. The third-order valence-corrected chi connectivity index (χ3v) is 4.15. The van der Waals surface area contributed by atoms with Crippen LogP contribution in [0.25, 0.3) is 5.69 Å². The average molecular weight is 273 g/mol. The molecular weight excluding hydrogens is 254 g/mol. The molecule has 1 aliphatic rings. The second-order valence-corrected chi connectivity index (χ2v) is 5.43. The molecule has 20 heavy (non-hydrogen) atoms. The lowest BCUT2D eigenvalue weighted by Gasteiger charge is -2.41. The van der Waals surface area contributed by atoms with Crippen LogP contribution in [0.3, 0.4) is 0 Å². The highest BCUT2D eigenvalue weighted by molar-refractivity contribution is 5.38.